The molecule has 0 saturated carbocycles. The third-order valence-electron chi connectivity index (χ3n) is 10.2. The van der Waals surface area contributed by atoms with Crippen molar-refractivity contribution >= 4 is 33.6 Å². The standard InChI is InChI=1S/C52H36N4O/c53-33-35-24-26-39(27-25-35)45-29-28-44(48-47-32-43(37-16-7-2-8-17-37)31-46(49(47)57-50(45)48)38-18-9-3-10-19-38)41-22-13-23-42(30-41)51(54)56-52(40-20-11-4-12-21-40)55-34-36-14-5-1-6-15-36/h1-32H,34H2,(H2,54,55,56). The van der Waals surface area contributed by atoms with Gasteiger partial charge in [-0.1, -0.05) is 158 Å². The average Bonchev–Trinajstić information content (AvgIpc) is 3.68. The third kappa shape index (κ3) is 7.12. The molecule has 5 heteroatoms. The van der Waals surface area contributed by atoms with Crippen molar-refractivity contribution in [1.29, 1.82) is 5.26 Å². The van der Waals surface area contributed by atoms with E-state index < -0.39 is 0 Å². The highest BCUT2D eigenvalue weighted by Gasteiger charge is 2.21. The smallest absolute Gasteiger partial charge is 0.157 e. The van der Waals surface area contributed by atoms with E-state index in [4.69, 9.17) is 20.1 Å². The van der Waals surface area contributed by atoms with Crippen molar-refractivity contribution in [3.63, 3.8) is 0 Å². The van der Waals surface area contributed by atoms with Crippen molar-refractivity contribution in [3.8, 4) is 50.6 Å². The quantitative estimate of drug-likeness (QED) is 0.125. The van der Waals surface area contributed by atoms with Crippen LogP contribution in [0.2, 0.25) is 0 Å². The Balaban J connectivity index is 1.24. The lowest BCUT2D eigenvalue weighted by Gasteiger charge is -2.11. The molecular weight excluding hydrogens is 697 g/mol. The predicted molar refractivity (Wildman–Crippen MR) is 234 cm³/mol. The summed E-state index contributed by atoms with van der Waals surface area (Å²) in [7, 11) is 0. The van der Waals surface area contributed by atoms with Crippen LogP contribution in [0.1, 0.15) is 22.3 Å². The van der Waals surface area contributed by atoms with Gasteiger partial charge in [-0.25, -0.2) is 4.99 Å². The molecular formula is C52H36N4O. The Hall–Kier alpha value is -7.81. The molecule has 8 aromatic carbocycles. The molecule has 0 fully saturated rings. The molecule has 0 aliphatic rings. The highest BCUT2D eigenvalue weighted by Crippen LogP contribution is 2.46. The summed E-state index contributed by atoms with van der Waals surface area (Å²) < 4.78 is 7.05. The van der Waals surface area contributed by atoms with Crippen LogP contribution < -0.4 is 5.73 Å². The summed E-state index contributed by atoms with van der Waals surface area (Å²) in [6.45, 7) is 0.481. The van der Waals surface area contributed by atoms with Crippen LogP contribution >= 0.6 is 0 Å². The van der Waals surface area contributed by atoms with Crippen molar-refractivity contribution in [2.24, 2.45) is 15.7 Å². The Morgan fingerprint density at radius 1 is 0.509 bits per heavy atom. The van der Waals surface area contributed by atoms with E-state index in [0.717, 1.165) is 83.1 Å². The second-order valence-electron chi connectivity index (χ2n) is 13.9. The number of rotatable bonds is 8. The summed E-state index contributed by atoms with van der Waals surface area (Å²) in [5.41, 5.74) is 19.9. The second kappa shape index (κ2) is 15.5. The van der Waals surface area contributed by atoms with Gasteiger partial charge in [0, 0.05) is 33.0 Å². The monoisotopic (exact) mass is 732 g/mol. The number of nitriles is 1. The number of fused-ring (bicyclic) bond motifs is 3. The number of hydrogen-bond acceptors (Lipinski definition) is 3. The van der Waals surface area contributed by atoms with Crippen molar-refractivity contribution in [1.82, 2.24) is 0 Å². The van der Waals surface area contributed by atoms with Gasteiger partial charge in [-0.05, 0) is 75.3 Å². The minimum absolute atomic E-state index is 0.368. The van der Waals surface area contributed by atoms with E-state index in [1.165, 1.54) is 0 Å². The van der Waals surface area contributed by atoms with Crippen molar-refractivity contribution in [2.75, 3.05) is 0 Å². The van der Waals surface area contributed by atoms with E-state index in [9.17, 15) is 5.26 Å². The normalized spacial score (nSPS) is 11.8. The van der Waals surface area contributed by atoms with Gasteiger partial charge in [0.2, 0.25) is 0 Å². The molecule has 0 bridgehead atoms. The summed E-state index contributed by atoms with van der Waals surface area (Å²) in [5.74, 6) is 0.937. The molecule has 2 N–H and O–H groups in total. The van der Waals surface area contributed by atoms with E-state index in [2.05, 4.69) is 103 Å². The van der Waals surface area contributed by atoms with Crippen LogP contribution in [0.3, 0.4) is 0 Å². The molecule has 0 aliphatic heterocycles. The Morgan fingerprint density at radius 3 is 1.81 bits per heavy atom. The molecule has 5 nitrogen and oxygen atoms in total. The minimum Gasteiger partial charge on any atom is -0.455 e. The van der Waals surface area contributed by atoms with Crippen LogP contribution in [0, 0.1) is 11.3 Å². The van der Waals surface area contributed by atoms with Crippen LogP contribution in [0.15, 0.2) is 209 Å². The van der Waals surface area contributed by atoms with Gasteiger partial charge in [0.15, 0.2) is 5.84 Å². The van der Waals surface area contributed by atoms with E-state index in [1.54, 1.807) is 0 Å². The van der Waals surface area contributed by atoms with Gasteiger partial charge in [0.25, 0.3) is 0 Å². The molecule has 0 aliphatic carbocycles. The third-order valence-corrected chi connectivity index (χ3v) is 10.2. The Bertz CT molecular complexity index is 2960. The van der Waals surface area contributed by atoms with E-state index in [0.29, 0.717) is 23.8 Å². The molecule has 9 aromatic rings. The van der Waals surface area contributed by atoms with E-state index >= 15 is 0 Å². The molecule has 0 radical (unpaired) electrons. The minimum atomic E-state index is 0.368. The first-order valence-corrected chi connectivity index (χ1v) is 18.9. The predicted octanol–water partition coefficient (Wildman–Crippen LogP) is 12.5. The largest absolute Gasteiger partial charge is 0.455 e. The molecule has 1 heterocycles. The molecule has 270 valence electrons. The van der Waals surface area contributed by atoms with Gasteiger partial charge in [-0.3, -0.25) is 4.99 Å². The Labute approximate surface area is 331 Å². The number of amidine groups is 2. The first-order valence-electron chi connectivity index (χ1n) is 18.9. The van der Waals surface area contributed by atoms with Crippen LogP contribution in [-0.2, 0) is 6.54 Å². The lowest BCUT2D eigenvalue weighted by Crippen LogP contribution is -2.16. The van der Waals surface area contributed by atoms with Gasteiger partial charge in [0.05, 0.1) is 18.2 Å². The fourth-order valence-electron chi connectivity index (χ4n) is 7.36. The molecule has 57 heavy (non-hydrogen) atoms. The molecule has 9 rings (SSSR count). The first kappa shape index (κ1) is 34.9. The van der Waals surface area contributed by atoms with Crippen molar-refractivity contribution in [3.05, 3.63) is 216 Å². The average molecular weight is 733 g/mol. The number of furan rings is 1. The number of benzene rings is 8. The van der Waals surface area contributed by atoms with Gasteiger partial charge < -0.3 is 10.2 Å². The van der Waals surface area contributed by atoms with Crippen LogP contribution in [-0.4, -0.2) is 11.7 Å². The maximum Gasteiger partial charge on any atom is 0.157 e. The maximum atomic E-state index is 9.54. The fourth-order valence-corrected chi connectivity index (χ4v) is 7.36. The Morgan fingerprint density at radius 2 is 1.11 bits per heavy atom. The van der Waals surface area contributed by atoms with Crippen molar-refractivity contribution < 1.29 is 4.42 Å². The van der Waals surface area contributed by atoms with Crippen molar-refractivity contribution in [2.45, 2.75) is 6.54 Å². The molecule has 1 aromatic heterocycles. The summed E-state index contributed by atoms with van der Waals surface area (Å²) in [4.78, 5) is 9.84. The highest BCUT2D eigenvalue weighted by atomic mass is 16.3. The summed E-state index contributed by atoms with van der Waals surface area (Å²) in [6.07, 6.45) is 0. The summed E-state index contributed by atoms with van der Waals surface area (Å²) >= 11 is 0. The zero-order valence-electron chi connectivity index (χ0n) is 31.0. The maximum absolute atomic E-state index is 9.54. The lowest BCUT2D eigenvalue weighted by atomic mass is 9.91. The lowest BCUT2D eigenvalue weighted by molar-refractivity contribution is 0.671. The van der Waals surface area contributed by atoms with E-state index in [1.807, 2.05) is 97.1 Å². The Kier molecular flexibility index (Phi) is 9.50. The van der Waals surface area contributed by atoms with Gasteiger partial charge in [0.1, 0.15) is 17.0 Å². The number of hydrogen-bond donors (Lipinski definition) is 1. The number of aliphatic imine (C=N–C) groups is 2. The molecule has 0 atom stereocenters. The van der Waals surface area contributed by atoms with Crippen LogP contribution in [0.25, 0.3) is 66.4 Å². The van der Waals surface area contributed by atoms with Gasteiger partial charge in [-0.2, -0.15) is 5.26 Å². The fraction of sp³-hybridized carbons (Fsp3) is 0.0192. The van der Waals surface area contributed by atoms with Crippen LogP contribution in [0.5, 0.6) is 0 Å². The highest BCUT2D eigenvalue weighted by molar-refractivity contribution is 6.20. The second-order valence-corrected chi connectivity index (χ2v) is 13.9. The topological polar surface area (TPSA) is 87.7 Å². The van der Waals surface area contributed by atoms with Gasteiger partial charge in [-0.15, -0.1) is 0 Å². The summed E-state index contributed by atoms with van der Waals surface area (Å²) in [5, 5.41) is 11.5. The summed E-state index contributed by atoms with van der Waals surface area (Å²) in [6, 6.07) is 67.7. The number of nitrogens with two attached hydrogens (primary N) is 1. The van der Waals surface area contributed by atoms with E-state index in [-0.39, 0.29) is 0 Å². The number of nitrogens with zero attached hydrogens (tertiary/aromatic N) is 3. The van der Waals surface area contributed by atoms with Gasteiger partial charge >= 0.3 is 0 Å². The molecule has 0 saturated heterocycles. The zero-order chi connectivity index (χ0) is 38.6. The zero-order valence-corrected chi connectivity index (χ0v) is 31.0. The molecule has 0 unspecified atom stereocenters. The SMILES string of the molecule is N#Cc1ccc(-c2ccc(-c3cccc(C(N)=NC(=NCc4ccccc4)c4ccccc4)c3)c3c2oc2c(-c4ccccc4)cc(-c4ccccc4)cc23)cc1. The van der Waals surface area contributed by atoms with Crippen LogP contribution in [0.4, 0.5) is 0 Å². The molecule has 0 amide bonds. The molecule has 0 spiro atoms. The first-order chi connectivity index (χ1) is 28.1.